The Bertz CT molecular complexity index is 931. The third-order valence-electron chi connectivity index (χ3n) is 4.32. The van der Waals surface area contributed by atoms with Crippen molar-refractivity contribution in [3.8, 4) is 0 Å². The maximum Gasteiger partial charge on any atom is 0.243 e. The number of anilines is 1. The summed E-state index contributed by atoms with van der Waals surface area (Å²) < 4.78 is 25.9. The Morgan fingerprint density at radius 3 is 2.36 bits per heavy atom. The average molecular weight is 441 g/mol. The van der Waals surface area contributed by atoms with Crippen molar-refractivity contribution >= 4 is 45.0 Å². The molecule has 8 heteroatoms. The Labute approximate surface area is 176 Å². The fraction of sp³-hybridized carbons (Fsp3) is 0.350. The van der Waals surface area contributed by atoms with Crippen LogP contribution >= 0.6 is 23.4 Å². The number of nitrogens with zero attached hydrogens (tertiary/aromatic N) is 1. The molecule has 1 atom stereocenters. The van der Waals surface area contributed by atoms with Gasteiger partial charge in [-0.2, -0.15) is 0 Å². The summed E-state index contributed by atoms with van der Waals surface area (Å²) in [5, 5.41) is 3.50. The van der Waals surface area contributed by atoms with Crippen LogP contribution in [0.4, 0.5) is 5.69 Å². The molecule has 0 aliphatic rings. The molecular formula is C20H25ClN2O3S2. The van der Waals surface area contributed by atoms with Gasteiger partial charge in [0, 0.05) is 22.2 Å². The van der Waals surface area contributed by atoms with Crippen molar-refractivity contribution in [2.75, 3.05) is 22.9 Å². The minimum atomic E-state index is -3.61. The molecule has 0 aromatic heterocycles. The lowest BCUT2D eigenvalue weighted by atomic mass is 10.1. The van der Waals surface area contributed by atoms with Crippen LogP contribution in [0.3, 0.4) is 0 Å². The summed E-state index contributed by atoms with van der Waals surface area (Å²) in [6, 6.07) is 12.0. The molecule has 0 aliphatic heterocycles. The van der Waals surface area contributed by atoms with Gasteiger partial charge in [0.2, 0.25) is 15.9 Å². The van der Waals surface area contributed by atoms with E-state index in [0.29, 0.717) is 23.0 Å². The van der Waals surface area contributed by atoms with Crippen LogP contribution in [0.5, 0.6) is 0 Å². The standard InChI is InChI=1S/C20H25ClN2O3S2/c1-14-5-8-18(13-15(14)2)23(28(4,25)26)16(3)20(24)22-11-12-27-19-9-6-17(21)7-10-19/h5-10,13,16H,11-12H2,1-4H3,(H,22,24). The number of nitrogens with one attached hydrogen (secondary N) is 1. The van der Waals surface area contributed by atoms with Gasteiger partial charge in [-0.05, 0) is 68.3 Å². The van der Waals surface area contributed by atoms with Gasteiger partial charge in [0.05, 0.1) is 11.9 Å². The summed E-state index contributed by atoms with van der Waals surface area (Å²) >= 11 is 7.46. The van der Waals surface area contributed by atoms with Gasteiger partial charge in [-0.3, -0.25) is 9.10 Å². The van der Waals surface area contributed by atoms with Gasteiger partial charge >= 0.3 is 0 Å². The quantitative estimate of drug-likeness (QED) is 0.497. The summed E-state index contributed by atoms with van der Waals surface area (Å²) in [7, 11) is -3.61. The molecule has 0 spiro atoms. The first-order valence-electron chi connectivity index (χ1n) is 8.82. The molecule has 0 bridgehead atoms. The topological polar surface area (TPSA) is 66.5 Å². The minimum absolute atomic E-state index is 0.333. The number of rotatable bonds is 8. The van der Waals surface area contributed by atoms with Crippen LogP contribution in [-0.2, 0) is 14.8 Å². The fourth-order valence-electron chi connectivity index (χ4n) is 2.69. The Kier molecular flexibility index (Phi) is 7.80. The SMILES string of the molecule is Cc1ccc(N(C(C)C(=O)NCCSc2ccc(Cl)cc2)S(C)(=O)=O)cc1C. The number of hydrogen-bond donors (Lipinski definition) is 1. The zero-order valence-electron chi connectivity index (χ0n) is 16.4. The predicted molar refractivity (Wildman–Crippen MR) is 118 cm³/mol. The van der Waals surface area contributed by atoms with Crippen LogP contribution in [0.1, 0.15) is 18.1 Å². The first-order chi connectivity index (χ1) is 13.1. The second kappa shape index (κ2) is 9.67. The first kappa shape index (κ1) is 22.6. The molecule has 2 aromatic carbocycles. The molecule has 1 unspecified atom stereocenters. The van der Waals surface area contributed by atoms with Crippen molar-refractivity contribution in [2.24, 2.45) is 0 Å². The van der Waals surface area contributed by atoms with Gasteiger partial charge in [0.15, 0.2) is 0 Å². The van der Waals surface area contributed by atoms with E-state index in [-0.39, 0.29) is 5.91 Å². The third kappa shape index (κ3) is 6.15. The Morgan fingerprint density at radius 2 is 1.79 bits per heavy atom. The van der Waals surface area contributed by atoms with Crippen LogP contribution in [0.2, 0.25) is 5.02 Å². The monoisotopic (exact) mass is 440 g/mol. The van der Waals surface area contributed by atoms with E-state index in [2.05, 4.69) is 5.32 Å². The first-order valence-corrected chi connectivity index (χ1v) is 12.0. The van der Waals surface area contributed by atoms with E-state index in [4.69, 9.17) is 11.6 Å². The van der Waals surface area contributed by atoms with Gasteiger partial charge in [-0.1, -0.05) is 17.7 Å². The van der Waals surface area contributed by atoms with Crippen molar-refractivity contribution in [1.82, 2.24) is 5.32 Å². The van der Waals surface area contributed by atoms with E-state index in [9.17, 15) is 13.2 Å². The lowest BCUT2D eigenvalue weighted by Gasteiger charge is -2.28. The average Bonchev–Trinajstić information content (AvgIpc) is 2.62. The maximum absolute atomic E-state index is 12.6. The number of halogens is 1. The van der Waals surface area contributed by atoms with E-state index in [0.717, 1.165) is 22.3 Å². The van der Waals surface area contributed by atoms with Crippen molar-refractivity contribution < 1.29 is 13.2 Å². The molecule has 0 saturated carbocycles. The van der Waals surface area contributed by atoms with Gasteiger partial charge in [0.1, 0.15) is 6.04 Å². The number of amides is 1. The van der Waals surface area contributed by atoms with Crippen molar-refractivity contribution in [3.05, 3.63) is 58.6 Å². The van der Waals surface area contributed by atoms with E-state index in [1.807, 2.05) is 44.2 Å². The smallest absolute Gasteiger partial charge is 0.243 e. The maximum atomic E-state index is 12.6. The molecule has 152 valence electrons. The molecule has 2 aromatic rings. The summed E-state index contributed by atoms with van der Waals surface area (Å²) in [5.74, 6) is 0.336. The largest absolute Gasteiger partial charge is 0.353 e. The highest BCUT2D eigenvalue weighted by atomic mass is 35.5. The normalized spacial score (nSPS) is 12.5. The van der Waals surface area contributed by atoms with Crippen molar-refractivity contribution in [2.45, 2.75) is 31.7 Å². The summed E-state index contributed by atoms with van der Waals surface area (Å²) in [5.41, 5.74) is 2.52. The highest BCUT2D eigenvalue weighted by Gasteiger charge is 2.29. The van der Waals surface area contributed by atoms with Gasteiger partial charge in [-0.25, -0.2) is 8.42 Å². The van der Waals surface area contributed by atoms with E-state index in [1.54, 1.807) is 30.8 Å². The van der Waals surface area contributed by atoms with Crippen LogP contribution in [0.15, 0.2) is 47.4 Å². The van der Waals surface area contributed by atoms with Crippen molar-refractivity contribution in [1.29, 1.82) is 0 Å². The van der Waals surface area contributed by atoms with E-state index >= 15 is 0 Å². The minimum Gasteiger partial charge on any atom is -0.353 e. The number of benzene rings is 2. The Hall–Kier alpha value is -1.70. The Balaban J connectivity index is 2.01. The molecule has 1 N–H and O–H groups in total. The molecule has 2 rings (SSSR count). The number of carbonyl (C=O) groups excluding carboxylic acids is 1. The Morgan fingerprint density at radius 1 is 1.14 bits per heavy atom. The van der Waals surface area contributed by atoms with Crippen LogP contribution in [0.25, 0.3) is 0 Å². The highest BCUT2D eigenvalue weighted by Crippen LogP contribution is 2.24. The van der Waals surface area contributed by atoms with Gasteiger partial charge < -0.3 is 5.32 Å². The summed E-state index contributed by atoms with van der Waals surface area (Å²) in [6.07, 6.45) is 1.11. The lowest BCUT2D eigenvalue weighted by Crippen LogP contribution is -2.48. The summed E-state index contributed by atoms with van der Waals surface area (Å²) in [4.78, 5) is 13.6. The number of thioether (sulfide) groups is 1. The highest BCUT2D eigenvalue weighted by molar-refractivity contribution is 7.99. The number of hydrogen-bond acceptors (Lipinski definition) is 4. The third-order valence-corrected chi connectivity index (χ3v) is 6.82. The number of aryl methyl sites for hydroxylation is 2. The van der Waals surface area contributed by atoms with Crippen LogP contribution < -0.4 is 9.62 Å². The molecule has 0 heterocycles. The molecule has 0 saturated heterocycles. The van der Waals surface area contributed by atoms with Crippen molar-refractivity contribution in [3.63, 3.8) is 0 Å². The van der Waals surface area contributed by atoms with Gasteiger partial charge in [0.25, 0.3) is 0 Å². The zero-order valence-corrected chi connectivity index (χ0v) is 18.8. The summed E-state index contributed by atoms with van der Waals surface area (Å²) in [6.45, 7) is 5.90. The molecular weight excluding hydrogens is 416 g/mol. The van der Waals surface area contributed by atoms with Gasteiger partial charge in [-0.15, -0.1) is 11.8 Å². The van der Waals surface area contributed by atoms with E-state index in [1.165, 1.54) is 4.31 Å². The molecule has 0 fully saturated rings. The predicted octanol–water partition coefficient (Wildman–Crippen LogP) is 4.02. The number of sulfonamides is 1. The van der Waals surface area contributed by atoms with E-state index < -0.39 is 16.1 Å². The molecule has 0 aliphatic carbocycles. The lowest BCUT2D eigenvalue weighted by molar-refractivity contribution is -0.121. The second-order valence-electron chi connectivity index (χ2n) is 6.60. The van der Waals surface area contributed by atoms with Crippen LogP contribution in [0, 0.1) is 13.8 Å². The zero-order chi connectivity index (χ0) is 20.9. The molecule has 5 nitrogen and oxygen atoms in total. The molecule has 28 heavy (non-hydrogen) atoms. The second-order valence-corrected chi connectivity index (χ2v) is 10.1. The van der Waals surface area contributed by atoms with Crippen LogP contribution in [-0.4, -0.2) is 38.9 Å². The fourth-order valence-corrected chi connectivity index (χ4v) is 4.75. The number of carbonyl (C=O) groups is 1. The molecule has 0 radical (unpaired) electrons. The molecule has 1 amide bonds.